The molecule has 1 aliphatic rings. The lowest BCUT2D eigenvalue weighted by molar-refractivity contribution is -0.00521. The molecule has 160 valence electrons. The maximum absolute atomic E-state index is 12.7. The average molecular weight is 419 g/mol. The summed E-state index contributed by atoms with van der Waals surface area (Å²) in [6.45, 7) is 5.82. The van der Waals surface area contributed by atoms with Crippen LogP contribution in [0.5, 0.6) is 0 Å². The van der Waals surface area contributed by atoms with Gasteiger partial charge in [-0.05, 0) is 68.4 Å². The quantitative estimate of drug-likeness (QED) is 0.641. The van der Waals surface area contributed by atoms with Crippen LogP contribution in [0.2, 0.25) is 0 Å². The van der Waals surface area contributed by atoms with Crippen molar-refractivity contribution in [3.63, 3.8) is 0 Å². The fraction of sp³-hybridized carbons (Fsp3) is 0.250. The van der Waals surface area contributed by atoms with E-state index in [-0.39, 0.29) is 29.8 Å². The summed E-state index contributed by atoms with van der Waals surface area (Å²) < 4.78 is 10.9. The third-order valence-electron chi connectivity index (χ3n) is 5.04. The molecule has 1 saturated heterocycles. The molecule has 3 aromatic rings. The number of hydrogen-bond donors (Lipinski definition) is 2. The monoisotopic (exact) mass is 419 g/mol. The summed E-state index contributed by atoms with van der Waals surface area (Å²) in [5, 5.41) is 5.63. The Balaban J connectivity index is 1.39. The molecule has 2 amide bonds. The second-order valence-electron chi connectivity index (χ2n) is 7.68. The first kappa shape index (κ1) is 20.7. The van der Waals surface area contributed by atoms with Gasteiger partial charge in [-0.1, -0.05) is 6.07 Å². The number of morpholine rings is 1. The van der Waals surface area contributed by atoms with Crippen molar-refractivity contribution in [1.29, 1.82) is 0 Å². The van der Waals surface area contributed by atoms with Crippen LogP contribution in [-0.2, 0) is 4.74 Å². The number of carbonyl (C=O) groups excluding carboxylic acids is 2. The van der Waals surface area contributed by atoms with Crippen molar-refractivity contribution in [3.8, 4) is 0 Å². The molecule has 1 aliphatic heterocycles. The van der Waals surface area contributed by atoms with Crippen LogP contribution in [0.1, 0.15) is 34.8 Å². The SMILES string of the molecule is CC1CN(c2ccc(NC(=O)c3cccc(NC(=O)c4ccco4)c3)cc2)CC(C)O1. The Morgan fingerprint density at radius 2 is 1.58 bits per heavy atom. The second kappa shape index (κ2) is 9.06. The summed E-state index contributed by atoms with van der Waals surface area (Å²) in [6.07, 6.45) is 1.80. The molecule has 2 heterocycles. The lowest BCUT2D eigenvalue weighted by Gasteiger charge is -2.36. The van der Waals surface area contributed by atoms with Crippen molar-refractivity contribution in [2.24, 2.45) is 0 Å². The number of rotatable bonds is 5. The lowest BCUT2D eigenvalue weighted by atomic mass is 10.1. The Labute approximate surface area is 181 Å². The predicted molar refractivity (Wildman–Crippen MR) is 120 cm³/mol. The van der Waals surface area contributed by atoms with Gasteiger partial charge in [0.25, 0.3) is 11.8 Å². The molecule has 0 bridgehead atoms. The molecule has 0 aliphatic carbocycles. The number of nitrogens with one attached hydrogen (secondary N) is 2. The second-order valence-corrected chi connectivity index (χ2v) is 7.68. The first-order valence-corrected chi connectivity index (χ1v) is 10.2. The Bertz CT molecular complexity index is 1040. The summed E-state index contributed by atoms with van der Waals surface area (Å²) in [5.41, 5.74) is 2.76. The van der Waals surface area contributed by atoms with Gasteiger partial charge in [0, 0.05) is 35.7 Å². The first-order chi connectivity index (χ1) is 15.0. The third-order valence-corrected chi connectivity index (χ3v) is 5.04. The van der Waals surface area contributed by atoms with Crippen molar-refractivity contribution < 1.29 is 18.7 Å². The van der Waals surface area contributed by atoms with Crippen LogP contribution in [0, 0.1) is 0 Å². The highest BCUT2D eigenvalue weighted by atomic mass is 16.5. The zero-order valence-corrected chi connectivity index (χ0v) is 17.5. The summed E-state index contributed by atoms with van der Waals surface area (Å²) in [6, 6.07) is 17.8. The molecule has 1 aromatic heterocycles. The lowest BCUT2D eigenvalue weighted by Crippen LogP contribution is -2.45. The van der Waals surface area contributed by atoms with E-state index in [9.17, 15) is 9.59 Å². The van der Waals surface area contributed by atoms with Crippen LogP contribution in [0.4, 0.5) is 17.1 Å². The first-order valence-electron chi connectivity index (χ1n) is 10.2. The van der Waals surface area contributed by atoms with Crippen LogP contribution in [0.25, 0.3) is 0 Å². The van der Waals surface area contributed by atoms with Gasteiger partial charge in [-0.2, -0.15) is 0 Å². The van der Waals surface area contributed by atoms with Crippen LogP contribution >= 0.6 is 0 Å². The number of furan rings is 1. The Morgan fingerprint density at radius 3 is 2.26 bits per heavy atom. The highest BCUT2D eigenvalue weighted by Crippen LogP contribution is 2.23. The molecule has 31 heavy (non-hydrogen) atoms. The number of anilines is 3. The summed E-state index contributed by atoms with van der Waals surface area (Å²) >= 11 is 0. The Morgan fingerprint density at radius 1 is 0.871 bits per heavy atom. The summed E-state index contributed by atoms with van der Waals surface area (Å²) in [4.78, 5) is 27.1. The van der Waals surface area contributed by atoms with E-state index in [4.69, 9.17) is 9.15 Å². The molecule has 7 nitrogen and oxygen atoms in total. The van der Waals surface area contributed by atoms with Gasteiger partial charge in [0.05, 0.1) is 18.5 Å². The standard InChI is InChI=1S/C24H25N3O4/c1-16-14-27(15-17(2)31-16)21-10-8-19(9-11-21)25-23(28)18-5-3-6-20(13-18)26-24(29)22-7-4-12-30-22/h3-13,16-17H,14-15H2,1-2H3,(H,25,28)(H,26,29). The van der Waals surface area contributed by atoms with Crippen molar-refractivity contribution in [3.05, 3.63) is 78.3 Å². The van der Waals surface area contributed by atoms with Crippen molar-refractivity contribution in [1.82, 2.24) is 0 Å². The van der Waals surface area contributed by atoms with Crippen LogP contribution < -0.4 is 15.5 Å². The molecule has 2 unspecified atom stereocenters. The van der Waals surface area contributed by atoms with Crippen molar-refractivity contribution in [2.45, 2.75) is 26.1 Å². The average Bonchev–Trinajstić information content (AvgIpc) is 3.29. The fourth-order valence-corrected chi connectivity index (χ4v) is 3.69. The van der Waals surface area contributed by atoms with Gasteiger partial charge < -0.3 is 24.7 Å². The number of nitrogens with zero attached hydrogens (tertiary/aromatic N) is 1. The zero-order chi connectivity index (χ0) is 21.8. The largest absolute Gasteiger partial charge is 0.459 e. The minimum absolute atomic E-state index is 0.184. The van der Waals surface area contributed by atoms with E-state index in [1.54, 1.807) is 36.4 Å². The normalized spacial score (nSPS) is 18.5. The fourth-order valence-electron chi connectivity index (χ4n) is 3.69. The molecule has 1 fully saturated rings. The molecule has 0 saturated carbocycles. The number of hydrogen-bond acceptors (Lipinski definition) is 5. The molecular weight excluding hydrogens is 394 g/mol. The topological polar surface area (TPSA) is 83.8 Å². The number of amides is 2. The van der Waals surface area contributed by atoms with Crippen molar-refractivity contribution in [2.75, 3.05) is 28.6 Å². The van der Waals surface area contributed by atoms with Crippen LogP contribution in [-0.4, -0.2) is 37.1 Å². The molecule has 2 N–H and O–H groups in total. The van der Waals surface area contributed by atoms with Gasteiger partial charge >= 0.3 is 0 Å². The number of ether oxygens (including phenoxy) is 1. The van der Waals surface area contributed by atoms with E-state index in [1.165, 1.54) is 6.26 Å². The van der Waals surface area contributed by atoms with Gasteiger partial charge in [-0.3, -0.25) is 9.59 Å². The third kappa shape index (κ3) is 5.13. The molecule has 0 spiro atoms. The van der Waals surface area contributed by atoms with E-state index in [0.29, 0.717) is 16.9 Å². The predicted octanol–water partition coefficient (Wildman–Crippen LogP) is 4.40. The molecule has 2 atom stereocenters. The summed E-state index contributed by atoms with van der Waals surface area (Å²) in [5.74, 6) is -0.417. The minimum Gasteiger partial charge on any atom is -0.459 e. The highest BCUT2D eigenvalue weighted by Gasteiger charge is 2.22. The Hall–Kier alpha value is -3.58. The van der Waals surface area contributed by atoms with Crippen LogP contribution in [0.15, 0.2) is 71.3 Å². The Kier molecular flexibility index (Phi) is 6.04. The van der Waals surface area contributed by atoms with E-state index in [0.717, 1.165) is 18.8 Å². The van der Waals surface area contributed by atoms with E-state index >= 15 is 0 Å². The summed E-state index contributed by atoms with van der Waals surface area (Å²) in [7, 11) is 0. The van der Waals surface area contributed by atoms with Crippen LogP contribution in [0.3, 0.4) is 0 Å². The molecule has 2 aromatic carbocycles. The molecule has 7 heteroatoms. The van der Waals surface area contributed by atoms with Gasteiger partial charge in [0.1, 0.15) is 0 Å². The number of benzene rings is 2. The van der Waals surface area contributed by atoms with Gasteiger partial charge in [-0.15, -0.1) is 0 Å². The maximum Gasteiger partial charge on any atom is 0.291 e. The maximum atomic E-state index is 12.7. The number of carbonyl (C=O) groups is 2. The zero-order valence-electron chi connectivity index (χ0n) is 17.5. The van der Waals surface area contributed by atoms with Gasteiger partial charge in [0.15, 0.2) is 5.76 Å². The van der Waals surface area contributed by atoms with Gasteiger partial charge in [0.2, 0.25) is 0 Å². The van der Waals surface area contributed by atoms with E-state index in [1.807, 2.05) is 24.3 Å². The highest BCUT2D eigenvalue weighted by molar-refractivity contribution is 6.06. The minimum atomic E-state index is -0.370. The van der Waals surface area contributed by atoms with Gasteiger partial charge in [-0.25, -0.2) is 0 Å². The van der Waals surface area contributed by atoms with E-state index in [2.05, 4.69) is 29.4 Å². The smallest absolute Gasteiger partial charge is 0.291 e. The van der Waals surface area contributed by atoms with E-state index < -0.39 is 0 Å². The van der Waals surface area contributed by atoms with Crippen molar-refractivity contribution >= 4 is 28.9 Å². The molecule has 0 radical (unpaired) electrons. The molecule has 4 rings (SSSR count). The molecular formula is C24H25N3O4.